The van der Waals surface area contributed by atoms with Gasteiger partial charge in [-0.15, -0.1) is 0 Å². The molecule has 0 amide bonds. The van der Waals surface area contributed by atoms with E-state index in [1.54, 1.807) is 0 Å². The number of aromatic carboxylic acids is 1. The molecule has 3 atom stereocenters. The lowest BCUT2D eigenvalue weighted by molar-refractivity contribution is -0.155. The van der Waals surface area contributed by atoms with Gasteiger partial charge in [-0.05, 0) is 61.6 Å². The largest absolute Gasteiger partial charge is 0.478 e. The molecule has 2 heterocycles. The van der Waals surface area contributed by atoms with Crippen LogP contribution in [0.3, 0.4) is 0 Å². The van der Waals surface area contributed by atoms with Crippen LogP contribution < -0.4 is 5.32 Å². The molecule has 2 aromatic carbocycles. The average molecular weight is 530 g/mol. The molecule has 202 valence electrons. The van der Waals surface area contributed by atoms with Crippen molar-refractivity contribution >= 4 is 11.7 Å². The number of benzene rings is 2. The molecule has 0 spiro atoms. The van der Waals surface area contributed by atoms with Crippen molar-refractivity contribution < 1.29 is 36.2 Å². The Balaban J connectivity index is 1.68. The molecule has 5 nitrogen and oxygen atoms in total. The third-order valence-electron chi connectivity index (χ3n) is 7.06. The fourth-order valence-corrected chi connectivity index (χ4v) is 5.43. The summed E-state index contributed by atoms with van der Waals surface area (Å²) in [5, 5.41) is 12.4. The summed E-state index contributed by atoms with van der Waals surface area (Å²) in [7, 11) is 0. The molecular weight excluding hydrogens is 500 g/mol. The minimum Gasteiger partial charge on any atom is -0.478 e. The standard InChI is InChI=1S/C26H29F6N3O2/c1-15-9-17-10-16(25(36)37)3-4-20(17)24(35(15)14-26(30,31)32)23-21(28)11-19(12-22(23)29)33-18-5-8-34(13-18)7-2-6-27/h3-4,10-12,15,18,24,33H,2,5-9,13-14H2,1H3,(H,36,37)/t15-,18+,24+/m1/s1. The van der Waals surface area contributed by atoms with Gasteiger partial charge in [0, 0.05) is 43.0 Å². The van der Waals surface area contributed by atoms with Gasteiger partial charge in [0.1, 0.15) is 11.6 Å². The molecule has 37 heavy (non-hydrogen) atoms. The van der Waals surface area contributed by atoms with Crippen molar-refractivity contribution in [3.05, 3.63) is 64.2 Å². The van der Waals surface area contributed by atoms with Crippen LogP contribution in [-0.2, 0) is 6.42 Å². The summed E-state index contributed by atoms with van der Waals surface area (Å²) >= 11 is 0. The van der Waals surface area contributed by atoms with Crippen molar-refractivity contribution in [2.24, 2.45) is 0 Å². The zero-order valence-electron chi connectivity index (χ0n) is 20.3. The van der Waals surface area contributed by atoms with E-state index in [0.29, 0.717) is 31.5 Å². The van der Waals surface area contributed by atoms with E-state index in [2.05, 4.69) is 10.2 Å². The lowest BCUT2D eigenvalue weighted by Gasteiger charge is -2.42. The van der Waals surface area contributed by atoms with Crippen LogP contribution in [0.4, 0.5) is 32.0 Å². The molecule has 0 bridgehead atoms. The molecule has 1 fully saturated rings. The van der Waals surface area contributed by atoms with Gasteiger partial charge in [-0.2, -0.15) is 13.2 Å². The number of hydrogen-bond acceptors (Lipinski definition) is 4. The number of hydrogen-bond donors (Lipinski definition) is 2. The maximum absolute atomic E-state index is 15.5. The van der Waals surface area contributed by atoms with E-state index in [1.165, 1.54) is 25.1 Å². The zero-order valence-corrected chi connectivity index (χ0v) is 20.3. The Bertz CT molecular complexity index is 1120. The second-order valence-electron chi connectivity index (χ2n) is 9.79. The van der Waals surface area contributed by atoms with Gasteiger partial charge in [-0.1, -0.05) is 6.07 Å². The van der Waals surface area contributed by atoms with Crippen LogP contribution in [0, 0.1) is 11.6 Å². The molecule has 2 aromatic rings. The molecule has 0 aromatic heterocycles. The number of anilines is 1. The van der Waals surface area contributed by atoms with Crippen LogP contribution in [0.5, 0.6) is 0 Å². The minimum atomic E-state index is -4.62. The quantitative estimate of drug-likeness (QED) is 0.448. The highest BCUT2D eigenvalue weighted by Gasteiger charge is 2.42. The molecule has 0 radical (unpaired) electrons. The number of nitrogens with zero attached hydrogens (tertiary/aromatic N) is 2. The SMILES string of the molecule is C[C@@H]1Cc2cc(C(=O)O)ccc2[C@@H](c2c(F)cc(N[C@H]3CCN(CCCF)C3)cc2F)N1CC(F)(F)F. The Kier molecular flexibility index (Phi) is 8.03. The number of carboxylic acids is 1. The van der Waals surface area contributed by atoms with Gasteiger partial charge in [0.25, 0.3) is 0 Å². The fraction of sp³-hybridized carbons (Fsp3) is 0.500. The summed E-state index contributed by atoms with van der Waals surface area (Å²) in [5.74, 6) is -3.18. The first kappa shape index (κ1) is 27.3. The normalized spacial score (nSPS) is 22.7. The smallest absolute Gasteiger partial charge is 0.401 e. The molecular formula is C26H29F6N3O2. The van der Waals surface area contributed by atoms with E-state index < -0.39 is 54.6 Å². The summed E-state index contributed by atoms with van der Waals surface area (Å²) in [6.07, 6.45) is -3.40. The van der Waals surface area contributed by atoms with Crippen molar-refractivity contribution in [2.75, 3.05) is 38.2 Å². The van der Waals surface area contributed by atoms with E-state index in [-0.39, 0.29) is 29.3 Å². The molecule has 0 saturated carbocycles. The van der Waals surface area contributed by atoms with Gasteiger partial charge in [0.15, 0.2) is 0 Å². The number of likely N-dealkylation sites (tertiary alicyclic amines) is 1. The molecule has 11 heteroatoms. The first-order valence-electron chi connectivity index (χ1n) is 12.2. The Morgan fingerprint density at radius 1 is 1.16 bits per heavy atom. The first-order chi connectivity index (χ1) is 17.5. The van der Waals surface area contributed by atoms with Crippen molar-refractivity contribution in [1.82, 2.24) is 9.80 Å². The molecule has 0 aliphatic carbocycles. The lowest BCUT2D eigenvalue weighted by Crippen LogP contribution is -2.47. The molecule has 2 aliphatic heterocycles. The van der Waals surface area contributed by atoms with Crippen LogP contribution in [-0.4, -0.2) is 72.0 Å². The number of rotatable bonds is 8. The Morgan fingerprint density at radius 3 is 2.49 bits per heavy atom. The van der Waals surface area contributed by atoms with Gasteiger partial charge in [0.05, 0.1) is 24.8 Å². The van der Waals surface area contributed by atoms with E-state index in [1.807, 2.05) is 0 Å². The molecule has 1 saturated heterocycles. The predicted octanol–water partition coefficient (Wildman–Crippen LogP) is 5.41. The topological polar surface area (TPSA) is 55.8 Å². The number of alkyl halides is 4. The van der Waals surface area contributed by atoms with E-state index >= 15 is 8.78 Å². The second-order valence-corrected chi connectivity index (χ2v) is 9.79. The Morgan fingerprint density at radius 2 is 1.86 bits per heavy atom. The highest BCUT2D eigenvalue weighted by molar-refractivity contribution is 5.88. The van der Waals surface area contributed by atoms with Crippen molar-refractivity contribution in [1.29, 1.82) is 0 Å². The monoisotopic (exact) mass is 529 g/mol. The zero-order chi connectivity index (χ0) is 26.9. The van der Waals surface area contributed by atoms with Gasteiger partial charge in [-0.25, -0.2) is 13.6 Å². The van der Waals surface area contributed by atoms with Crippen molar-refractivity contribution in [3.63, 3.8) is 0 Å². The highest BCUT2D eigenvalue weighted by Crippen LogP contribution is 2.42. The van der Waals surface area contributed by atoms with Crippen molar-refractivity contribution in [3.8, 4) is 0 Å². The highest BCUT2D eigenvalue weighted by atomic mass is 19.4. The predicted molar refractivity (Wildman–Crippen MR) is 127 cm³/mol. The minimum absolute atomic E-state index is 0.0495. The first-order valence-corrected chi connectivity index (χ1v) is 12.2. The molecule has 0 unspecified atom stereocenters. The maximum atomic E-state index is 15.5. The lowest BCUT2D eigenvalue weighted by atomic mass is 9.83. The Labute approximate surface area is 211 Å². The van der Waals surface area contributed by atoms with Crippen LogP contribution in [0.15, 0.2) is 30.3 Å². The maximum Gasteiger partial charge on any atom is 0.401 e. The van der Waals surface area contributed by atoms with Gasteiger partial charge < -0.3 is 15.3 Å². The van der Waals surface area contributed by atoms with Crippen LogP contribution in [0.1, 0.15) is 52.9 Å². The number of fused-ring (bicyclic) bond motifs is 1. The second kappa shape index (κ2) is 10.9. The summed E-state index contributed by atoms with van der Waals surface area (Å²) < 4.78 is 84.0. The van der Waals surface area contributed by atoms with E-state index in [9.17, 15) is 27.5 Å². The van der Waals surface area contributed by atoms with Crippen LogP contribution in [0.2, 0.25) is 0 Å². The Hall–Kier alpha value is -2.79. The fourth-order valence-electron chi connectivity index (χ4n) is 5.43. The summed E-state index contributed by atoms with van der Waals surface area (Å²) in [5.41, 5.74) is 0.290. The number of halogens is 6. The summed E-state index contributed by atoms with van der Waals surface area (Å²) in [6, 6.07) is 3.85. The third kappa shape index (κ3) is 6.20. The molecule has 2 N–H and O–H groups in total. The molecule has 2 aliphatic rings. The van der Waals surface area contributed by atoms with E-state index in [4.69, 9.17) is 0 Å². The summed E-state index contributed by atoms with van der Waals surface area (Å²) in [6.45, 7) is 1.63. The van der Waals surface area contributed by atoms with Gasteiger partial charge in [-0.3, -0.25) is 9.29 Å². The van der Waals surface area contributed by atoms with Crippen LogP contribution >= 0.6 is 0 Å². The summed E-state index contributed by atoms with van der Waals surface area (Å²) in [4.78, 5) is 14.5. The third-order valence-corrected chi connectivity index (χ3v) is 7.06. The van der Waals surface area contributed by atoms with Gasteiger partial charge >= 0.3 is 12.1 Å². The number of carbonyl (C=O) groups is 1. The average Bonchev–Trinajstić information content (AvgIpc) is 3.25. The van der Waals surface area contributed by atoms with Crippen LogP contribution in [0.25, 0.3) is 0 Å². The van der Waals surface area contributed by atoms with Gasteiger partial charge in [0.2, 0.25) is 0 Å². The number of carboxylic acid groups (broad SMARTS) is 1. The number of nitrogens with one attached hydrogen (secondary N) is 1. The molecule has 4 rings (SSSR count). The van der Waals surface area contributed by atoms with Crippen molar-refractivity contribution in [2.45, 2.75) is 50.5 Å². The van der Waals surface area contributed by atoms with E-state index in [0.717, 1.165) is 23.6 Å².